The summed E-state index contributed by atoms with van der Waals surface area (Å²) in [5, 5.41) is 17.6. The van der Waals surface area contributed by atoms with E-state index in [4.69, 9.17) is 14.9 Å². The molecular weight excluding hydrogens is 148 g/mol. The van der Waals surface area contributed by atoms with Gasteiger partial charge in [-0.05, 0) is 12.8 Å². The van der Waals surface area contributed by atoms with Crippen molar-refractivity contribution >= 4 is 5.97 Å². The van der Waals surface area contributed by atoms with Crippen LogP contribution in [0.1, 0.15) is 19.3 Å². The molecule has 1 aliphatic rings. The number of ether oxygens (including phenoxy) is 1. The zero-order valence-electron chi connectivity index (χ0n) is 6.19. The number of cyclic esters (lactones) is 1. The Kier molecular flexibility index (Phi) is 2.84. The quantitative estimate of drug-likeness (QED) is 0.531. The van der Waals surface area contributed by atoms with Gasteiger partial charge >= 0.3 is 5.97 Å². The maximum atomic E-state index is 10.7. The lowest BCUT2D eigenvalue weighted by molar-refractivity contribution is -0.162. The van der Waals surface area contributed by atoms with Crippen LogP contribution in [0.4, 0.5) is 0 Å². The smallest absolute Gasteiger partial charge is 0.306 e. The van der Waals surface area contributed by atoms with Crippen LogP contribution < -0.4 is 0 Å². The SMILES string of the molecule is O=C1CCC[C@@H]([C@@H](O)CO)O1. The molecule has 4 nitrogen and oxygen atoms in total. The van der Waals surface area contributed by atoms with Crippen molar-refractivity contribution in [2.24, 2.45) is 0 Å². The molecule has 64 valence electrons. The maximum absolute atomic E-state index is 10.7. The van der Waals surface area contributed by atoms with Crippen molar-refractivity contribution in [1.82, 2.24) is 0 Å². The Morgan fingerprint density at radius 3 is 3.00 bits per heavy atom. The molecule has 2 atom stereocenters. The summed E-state index contributed by atoms with van der Waals surface area (Å²) >= 11 is 0. The van der Waals surface area contributed by atoms with E-state index in [-0.39, 0.29) is 12.6 Å². The first kappa shape index (κ1) is 8.49. The Balaban J connectivity index is 2.39. The highest BCUT2D eigenvalue weighted by Crippen LogP contribution is 2.16. The molecule has 4 heteroatoms. The lowest BCUT2D eigenvalue weighted by atomic mass is 10.0. The molecule has 0 radical (unpaired) electrons. The lowest BCUT2D eigenvalue weighted by Crippen LogP contribution is -2.36. The van der Waals surface area contributed by atoms with Crippen molar-refractivity contribution in [2.75, 3.05) is 6.61 Å². The predicted octanol–water partition coefficient (Wildman–Crippen LogP) is -0.565. The van der Waals surface area contributed by atoms with Gasteiger partial charge in [0.2, 0.25) is 0 Å². The fourth-order valence-electron chi connectivity index (χ4n) is 1.12. The molecule has 0 amide bonds. The van der Waals surface area contributed by atoms with E-state index >= 15 is 0 Å². The van der Waals surface area contributed by atoms with Crippen LogP contribution in [-0.4, -0.2) is 35.0 Å². The standard InChI is InChI=1S/C7H12O4/c8-4-5(9)6-2-1-3-7(10)11-6/h5-6,8-9H,1-4H2/t5-,6-/m0/s1. The number of rotatable bonds is 2. The highest BCUT2D eigenvalue weighted by Gasteiger charge is 2.26. The Hall–Kier alpha value is -0.610. The monoisotopic (exact) mass is 160 g/mol. The van der Waals surface area contributed by atoms with E-state index in [1.807, 2.05) is 0 Å². The molecule has 1 fully saturated rings. The van der Waals surface area contributed by atoms with Gasteiger partial charge in [0.15, 0.2) is 0 Å². The number of aliphatic hydroxyl groups excluding tert-OH is 2. The summed E-state index contributed by atoms with van der Waals surface area (Å²) in [6.45, 7) is -0.349. The average molecular weight is 160 g/mol. The summed E-state index contributed by atoms with van der Waals surface area (Å²) in [5.41, 5.74) is 0. The van der Waals surface area contributed by atoms with Crippen LogP contribution >= 0.6 is 0 Å². The minimum absolute atomic E-state index is 0.284. The second-order valence-corrected chi connectivity index (χ2v) is 2.67. The number of hydrogen-bond acceptors (Lipinski definition) is 4. The summed E-state index contributed by atoms with van der Waals surface area (Å²) in [6.07, 6.45) is 0.392. The van der Waals surface area contributed by atoms with E-state index in [9.17, 15) is 4.79 Å². The minimum Gasteiger partial charge on any atom is -0.460 e. The summed E-state index contributed by atoms with van der Waals surface area (Å²) in [7, 11) is 0. The fraction of sp³-hybridized carbons (Fsp3) is 0.857. The number of carbonyl (C=O) groups is 1. The van der Waals surface area contributed by atoms with E-state index in [0.29, 0.717) is 12.8 Å². The molecule has 2 N–H and O–H groups in total. The molecule has 0 unspecified atom stereocenters. The first-order valence-electron chi connectivity index (χ1n) is 3.72. The van der Waals surface area contributed by atoms with Crippen molar-refractivity contribution in [3.8, 4) is 0 Å². The summed E-state index contributed by atoms with van der Waals surface area (Å²) in [5.74, 6) is -0.284. The molecule has 0 aliphatic carbocycles. The van der Waals surface area contributed by atoms with Crippen LogP contribution in [0.2, 0.25) is 0 Å². The number of carbonyl (C=O) groups excluding carboxylic acids is 1. The Morgan fingerprint density at radius 1 is 1.73 bits per heavy atom. The van der Waals surface area contributed by atoms with Crippen LogP contribution in [0.3, 0.4) is 0 Å². The third kappa shape index (κ3) is 2.17. The molecule has 0 aromatic rings. The maximum Gasteiger partial charge on any atom is 0.306 e. The molecule has 1 heterocycles. The van der Waals surface area contributed by atoms with Gasteiger partial charge in [-0.25, -0.2) is 0 Å². The summed E-state index contributed by atoms with van der Waals surface area (Å²) in [4.78, 5) is 10.7. The van der Waals surface area contributed by atoms with Gasteiger partial charge in [-0.3, -0.25) is 4.79 Å². The highest BCUT2D eigenvalue weighted by molar-refractivity contribution is 5.70. The van der Waals surface area contributed by atoms with E-state index in [1.165, 1.54) is 0 Å². The fourth-order valence-corrected chi connectivity index (χ4v) is 1.12. The molecular formula is C7H12O4. The normalized spacial score (nSPS) is 27.8. The average Bonchev–Trinajstić information content (AvgIpc) is 2.03. The van der Waals surface area contributed by atoms with Crippen LogP contribution in [0.5, 0.6) is 0 Å². The van der Waals surface area contributed by atoms with Crippen LogP contribution in [0.25, 0.3) is 0 Å². The van der Waals surface area contributed by atoms with Crippen molar-refractivity contribution in [3.63, 3.8) is 0 Å². The second-order valence-electron chi connectivity index (χ2n) is 2.67. The second kappa shape index (κ2) is 3.69. The topological polar surface area (TPSA) is 66.8 Å². The lowest BCUT2D eigenvalue weighted by Gasteiger charge is -2.25. The third-order valence-corrected chi connectivity index (χ3v) is 1.77. The van der Waals surface area contributed by atoms with Crippen molar-refractivity contribution in [1.29, 1.82) is 0 Å². The van der Waals surface area contributed by atoms with E-state index in [2.05, 4.69) is 0 Å². The first-order chi connectivity index (χ1) is 5.24. The summed E-state index contributed by atoms with van der Waals surface area (Å²) < 4.78 is 4.79. The van der Waals surface area contributed by atoms with Gasteiger partial charge in [0.05, 0.1) is 6.61 Å². The van der Waals surface area contributed by atoms with Crippen LogP contribution in [0.15, 0.2) is 0 Å². The Labute approximate surface area is 64.8 Å². The van der Waals surface area contributed by atoms with Crippen molar-refractivity contribution < 1.29 is 19.7 Å². The van der Waals surface area contributed by atoms with Gasteiger partial charge in [-0.15, -0.1) is 0 Å². The molecule has 0 saturated carbocycles. The van der Waals surface area contributed by atoms with Crippen LogP contribution in [-0.2, 0) is 9.53 Å². The van der Waals surface area contributed by atoms with Crippen LogP contribution in [0, 0.1) is 0 Å². The van der Waals surface area contributed by atoms with Gasteiger partial charge in [-0.2, -0.15) is 0 Å². The molecule has 0 spiro atoms. The van der Waals surface area contributed by atoms with Gasteiger partial charge in [-0.1, -0.05) is 0 Å². The molecule has 0 aromatic carbocycles. The molecule has 1 rings (SSSR count). The zero-order valence-corrected chi connectivity index (χ0v) is 6.19. The zero-order chi connectivity index (χ0) is 8.27. The third-order valence-electron chi connectivity index (χ3n) is 1.77. The molecule has 0 bridgehead atoms. The number of esters is 1. The minimum atomic E-state index is -0.917. The van der Waals surface area contributed by atoms with Gasteiger partial charge in [0.1, 0.15) is 12.2 Å². The molecule has 11 heavy (non-hydrogen) atoms. The predicted molar refractivity (Wildman–Crippen MR) is 36.8 cm³/mol. The largest absolute Gasteiger partial charge is 0.460 e. The number of hydrogen-bond donors (Lipinski definition) is 2. The summed E-state index contributed by atoms with van der Waals surface area (Å²) in [6, 6.07) is 0. The molecule has 1 saturated heterocycles. The Morgan fingerprint density at radius 2 is 2.45 bits per heavy atom. The highest BCUT2D eigenvalue weighted by atomic mass is 16.6. The van der Waals surface area contributed by atoms with E-state index in [0.717, 1.165) is 6.42 Å². The van der Waals surface area contributed by atoms with E-state index < -0.39 is 12.2 Å². The van der Waals surface area contributed by atoms with E-state index in [1.54, 1.807) is 0 Å². The molecule has 0 aromatic heterocycles. The Bertz CT molecular complexity index is 145. The van der Waals surface area contributed by atoms with Crippen molar-refractivity contribution in [3.05, 3.63) is 0 Å². The van der Waals surface area contributed by atoms with Gasteiger partial charge in [0, 0.05) is 6.42 Å². The van der Waals surface area contributed by atoms with Crippen molar-refractivity contribution in [2.45, 2.75) is 31.5 Å². The number of aliphatic hydroxyl groups is 2. The first-order valence-corrected chi connectivity index (χ1v) is 3.72. The molecule has 1 aliphatic heterocycles. The van der Waals surface area contributed by atoms with Gasteiger partial charge in [0.25, 0.3) is 0 Å². The van der Waals surface area contributed by atoms with Gasteiger partial charge < -0.3 is 14.9 Å².